The van der Waals surface area contributed by atoms with Gasteiger partial charge in [0.2, 0.25) is 0 Å². The Morgan fingerprint density at radius 3 is 3.00 bits per heavy atom. The molecule has 0 atom stereocenters. The van der Waals surface area contributed by atoms with Gasteiger partial charge in [-0.05, 0) is 22.9 Å². The Kier molecular flexibility index (Phi) is 1.95. The number of halogens is 1. The van der Waals surface area contributed by atoms with Crippen LogP contribution >= 0.6 is 15.9 Å². The normalized spacial score (nSPS) is 10.7. The van der Waals surface area contributed by atoms with E-state index in [-0.39, 0.29) is 5.69 Å². The number of rotatable bonds is 1. The van der Waals surface area contributed by atoms with E-state index >= 15 is 0 Å². The van der Waals surface area contributed by atoms with Gasteiger partial charge in [0.25, 0.3) is 5.69 Å². The zero-order valence-corrected chi connectivity index (χ0v) is 8.72. The maximum atomic E-state index is 10.7. The Morgan fingerprint density at radius 2 is 2.36 bits per heavy atom. The van der Waals surface area contributed by atoms with Crippen LogP contribution in [0.15, 0.2) is 17.0 Å². The fourth-order valence-electron chi connectivity index (χ4n) is 1.19. The van der Waals surface area contributed by atoms with Crippen LogP contribution in [0.3, 0.4) is 0 Å². The number of hydrogen-bond acceptors (Lipinski definition) is 4. The summed E-state index contributed by atoms with van der Waals surface area (Å²) in [6, 6.07) is 0. The predicted octanol–water partition coefficient (Wildman–Crippen LogP) is 1.71. The third-order valence-corrected chi connectivity index (χ3v) is 2.89. The lowest BCUT2D eigenvalue weighted by atomic mass is 10.2. The van der Waals surface area contributed by atoms with Crippen LogP contribution in [0.5, 0.6) is 0 Å². The molecule has 2 aromatic rings. The molecule has 0 saturated carbocycles. The van der Waals surface area contributed by atoms with Crippen LogP contribution in [0, 0.1) is 17.0 Å². The summed E-state index contributed by atoms with van der Waals surface area (Å²) >= 11 is 3.25. The predicted molar refractivity (Wildman–Crippen MR) is 52.1 cm³/mol. The standard InChI is InChI=1S/C7H5BrN4O2/c1-4-5(12(13)14)2-11-3-9-10-7(11)6(4)8/h2-3H,1H3. The molecule has 0 spiro atoms. The first-order chi connectivity index (χ1) is 6.61. The zero-order valence-electron chi connectivity index (χ0n) is 7.14. The van der Waals surface area contributed by atoms with E-state index in [0.717, 1.165) is 0 Å². The van der Waals surface area contributed by atoms with Gasteiger partial charge in [0.1, 0.15) is 6.33 Å². The van der Waals surface area contributed by atoms with Gasteiger partial charge < -0.3 is 0 Å². The second kappa shape index (κ2) is 3.02. The van der Waals surface area contributed by atoms with Gasteiger partial charge in [0.05, 0.1) is 15.6 Å². The zero-order chi connectivity index (χ0) is 10.3. The Hall–Kier alpha value is -1.50. The number of pyridine rings is 1. The van der Waals surface area contributed by atoms with Crippen LogP contribution in [-0.2, 0) is 0 Å². The number of nitro groups is 1. The molecule has 0 aromatic carbocycles. The second-order valence-electron chi connectivity index (χ2n) is 2.77. The van der Waals surface area contributed by atoms with Crippen LogP contribution in [0.25, 0.3) is 5.65 Å². The minimum atomic E-state index is -0.431. The van der Waals surface area contributed by atoms with E-state index in [9.17, 15) is 10.1 Å². The molecule has 0 aliphatic rings. The van der Waals surface area contributed by atoms with E-state index in [4.69, 9.17) is 0 Å². The number of nitrogens with zero attached hydrogens (tertiary/aromatic N) is 4. The lowest BCUT2D eigenvalue weighted by Crippen LogP contribution is -1.96. The van der Waals surface area contributed by atoms with Crippen molar-refractivity contribution in [3.8, 4) is 0 Å². The third kappa shape index (κ3) is 1.17. The van der Waals surface area contributed by atoms with Crippen LogP contribution in [-0.4, -0.2) is 19.5 Å². The summed E-state index contributed by atoms with van der Waals surface area (Å²) in [6.45, 7) is 1.66. The number of hydrogen-bond donors (Lipinski definition) is 0. The van der Waals surface area contributed by atoms with Crippen molar-refractivity contribution in [2.45, 2.75) is 6.92 Å². The Labute approximate surface area is 86.8 Å². The van der Waals surface area contributed by atoms with Crippen molar-refractivity contribution in [2.24, 2.45) is 0 Å². The molecule has 72 valence electrons. The summed E-state index contributed by atoms with van der Waals surface area (Å²) in [6.07, 6.45) is 2.82. The first kappa shape index (κ1) is 9.07. The monoisotopic (exact) mass is 256 g/mol. The molecule has 0 radical (unpaired) electrons. The molecule has 0 fully saturated rings. The van der Waals surface area contributed by atoms with Gasteiger partial charge >= 0.3 is 0 Å². The average Bonchev–Trinajstić information content (AvgIpc) is 2.58. The van der Waals surface area contributed by atoms with E-state index in [1.165, 1.54) is 16.9 Å². The summed E-state index contributed by atoms with van der Waals surface area (Å²) in [5.74, 6) is 0. The smallest absolute Gasteiger partial charge is 0.281 e. The molecule has 0 saturated heterocycles. The number of aromatic nitrogens is 3. The Bertz CT molecular complexity index is 522. The Morgan fingerprint density at radius 1 is 1.64 bits per heavy atom. The maximum absolute atomic E-state index is 10.7. The molecule has 7 heteroatoms. The largest absolute Gasteiger partial charge is 0.290 e. The molecule has 0 N–H and O–H groups in total. The highest BCUT2D eigenvalue weighted by molar-refractivity contribution is 9.10. The van der Waals surface area contributed by atoms with Crippen molar-refractivity contribution in [1.82, 2.24) is 14.6 Å². The molecule has 0 bridgehead atoms. The van der Waals surface area contributed by atoms with Crippen molar-refractivity contribution in [3.63, 3.8) is 0 Å². The van der Waals surface area contributed by atoms with Gasteiger partial charge in [0, 0.05) is 5.56 Å². The summed E-state index contributed by atoms with van der Waals surface area (Å²) < 4.78 is 2.11. The van der Waals surface area contributed by atoms with Crippen molar-refractivity contribution in [1.29, 1.82) is 0 Å². The first-order valence-corrected chi connectivity index (χ1v) is 4.53. The van der Waals surface area contributed by atoms with E-state index in [1.54, 1.807) is 6.92 Å². The molecule has 0 amide bonds. The van der Waals surface area contributed by atoms with Crippen LogP contribution in [0.2, 0.25) is 0 Å². The summed E-state index contributed by atoms with van der Waals surface area (Å²) in [5.41, 5.74) is 1.17. The first-order valence-electron chi connectivity index (χ1n) is 3.74. The van der Waals surface area contributed by atoms with E-state index in [1.807, 2.05) is 0 Å². The van der Waals surface area contributed by atoms with Crippen molar-refractivity contribution < 1.29 is 4.92 Å². The van der Waals surface area contributed by atoms with E-state index in [0.29, 0.717) is 15.7 Å². The molecular formula is C7H5BrN4O2. The lowest BCUT2D eigenvalue weighted by Gasteiger charge is -2.01. The third-order valence-electron chi connectivity index (χ3n) is 1.94. The summed E-state index contributed by atoms with van der Waals surface area (Å²) in [5, 5.41) is 18.2. The van der Waals surface area contributed by atoms with Crippen LogP contribution in [0.1, 0.15) is 5.56 Å². The van der Waals surface area contributed by atoms with Crippen LogP contribution < -0.4 is 0 Å². The lowest BCUT2D eigenvalue weighted by molar-refractivity contribution is -0.385. The summed E-state index contributed by atoms with van der Waals surface area (Å²) in [4.78, 5) is 10.2. The van der Waals surface area contributed by atoms with Gasteiger partial charge in [0.15, 0.2) is 5.65 Å². The fraction of sp³-hybridized carbons (Fsp3) is 0.143. The number of fused-ring (bicyclic) bond motifs is 1. The highest BCUT2D eigenvalue weighted by Gasteiger charge is 2.17. The van der Waals surface area contributed by atoms with E-state index in [2.05, 4.69) is 26.1 Å². The maximum Gasteiger partial charge on any atom is 0.290 e. The van der Waals surface area contributed by atoms with Crippen LogP contribution in [0.4, 0.5) is 5.69 Å². The molecule has 14 heavy (non-hydrogen) atoms. The van der Waals surface area contributed by atoms with Crippen molar-refractivity contribution in [2.75, 3.05) is 0 Å². The van der Waals surface area contributed by atoms with Gasteiger partial charge in [-0.3, -0.25) is 14.5 Å². The van der Waals surface area contributed by atoms with Crippen molar-refractivity contribution in [3.05, 3.63) is 32.7 Å². The van der Waals surface area contributed by atoms with Crippen molar-refractivity contribution >= 4 is 27.3 Å². The summed E-state index contributed by atoms with van der Waals surface area (Å²) in [7, 11) is 0. The fourth-order valence-corrected chi connectivity index (χ4v) is 1.67. The SMILES string of the molecule is Cc1c([N+](=O)[O-])cn2cnnc2c1Br. The quantitative estimate of drug-likeness (QED) is 0.575. The highest BCUT2D eigenvalue weighted by Crippen LogP contribution is 2.28. The molecule has 2 heterocycles. The molecule has 0 aliphatic carbocycles. The highest BCUT2D eigenvalue weighted by atomic mass is 79.9. The molecular weight excluding hydrogens is 252 g/mol. The minimum Gasteiger partial charge on any atom is -0.281 e. The van der Waals surface area contributed by atoms with Gasteiger partial charge in [-0.1, -0.05) is 0 Å². The van der Waals surface area contributed by atoms with Gasteiger partial charge in [-0.25, -0.2) is 0 Å². The average molecular weight is 257 g/mol. The van der Waals surface area contributed by atoms with Gasteiger partial charge in [-0.2, -0.15) is 0 Å². The second-order valence-corrected chi connectivity index (χ2v) is 3.57. The topological polar surface area (TPSA) is 73.3 Å². The molecule has 0 aliphatic heterocycles. The molecule has 6 nitrogen and oxygen atoms in total. The molecule has 0 unspecified atom stereocenters. The molecule has 2 aromatic heterocycles. The van der Waals surface area contributed by atoms with E-state index < -0.39 is 4.92 Å². The Balaban J connectivity index is 2.87. The van der Waals surface area contributed by atoms with Gasteiger partial charge in [-0.15, -0.1) is 10.2 Å². The minimum absolute atomic E-state index is 0.0455. The molecule has 2 rings (SSSR count).